The van der Waals surface area contributed by atoms with Gasteiger partial charge < -0.3 is 0 Å². The molecule has 2 aliphatic carbocycles. The molecule has 26 heavy (non-hydrogen) atoms. The minimum atomic E-state index is 0.526. The summed E-state index contributed by atoms with van der Waals surface area (Å²) >= 11 is 4.04. The van der Waals surface area contributed by atoms with Gasteiger partial charge in [-0.15, -0.1) is 22.7 Å². The Morgan fingerprint density at radius 2 is 1.00 bits per heavy atom. The minimum absolute atomic E-state index is 0.526. The highest BCUT2D eigenvalue weighted by Gasteiger charge is 2.34. The molecule has 2 unspecified atom stereocenters. The number of fused-ring (bicyclic) bond motifs is 6. The molecule has 5 rings (SSSR count). The van der Waals surface area contributed by atoms with Gasteiger partial charge in [0, 0.05) is 31.3 Å². The van der Waals surface area contributed by atoms with E-state index in [0.717, 1.165) is 0 Å². The van der Waals surface area contributed by atoms with Gasteiger partial charge in [0.15, 0.2) is 0 Å². The molecule has 0 spiro atoms. The van der Waals surface area contributed by atoms with E-state index in [1.807, 2.05) is 22.7 Å². The molecule has 2 aromatic heterocycles. The van der Waals surface area contributed by atoms with E-state index in [1.165, 1.54) is 30.6 Å². The van der Waals surface area contributed by atoms with Crippen molar-refractivity contribution in [2.24, 2.45) is 0 Å². The topological polar surface area (TPSA) is 0 Å². The molecular formula is C24H26S2. The third-order valence-corrected chi connectivity index (χ3v) is 9.24. The standard InChI is InChI=1S/C24H26S2/c1-11(2)21-9-17-13(5)15-8-20-16(7-19(15)23(17)25-21)14(6)18-10-22(12(3)4)26-24(18)20/h7-14H,1-6H3. The van der Waals surface area contributed by atoms with Crippen LogP contribution in [0.15, 0.2) is 24.3 Å². The molecule has 0 nitrogen and oxygen atoms in total. The van der Waals surface area contributed by atoms with Crippen LogP contribution in [0.25, 0.3) is 20.9 Å². The summed E-state index contributed by atoms with van der Waals surface area (Å²) in [6, 6.07) is 9.99. The van der Waals surface area contributed by atoms with E-state index in [2.05, 4.69) is 65.8 Å². The molecule has 0 N–H and O–H groups in total. The van der Waals surface area contributed by atoms with Crippen molar-refractivity contribution < 1.29 is 0 Å². The summed E-state index contributed by atoms with van der Waals surface area (Å²) in [7, 11) is 0. The Hall–Kier alpha value is -1.38. The smallest absolute Gasteiger partial charge is 0.0386 e. The number of benzene rings is 1. The lowest BCUT2D eigenvalue weighted by Crippen LogP contribution is -1.94. The van der Waals surface area contributed by atoms with Crippen molar-refractivity contribution >= 4 is 22.7 Å². The van der Waals surface area contributed by atoms with Crippen LogP contribution >= 0.6 is 22.7 Å². The SMILES string of the molecule is CC(C)c1cc2c(s1)-c1cc3c(cc1C2C)-c1sc(C(C)C)cc1C3C. The third-order valence-electron chi connectivity index (χ3n) is 6.27. The molecule has 1 aromatic carbocycles. The van der Waals surface area contributed by atoms with Crippen LogP contribution in [0.1, 0.15) is 97.2 Å². The highest BCUT2D eigenvalue weighted by molar-refractivity contribution is 7.16. The Bertz CT molecular complexity index is 945. The maximum Gasteiger partial charge on any atom is 0.0386 e. The van der Waals surface area contributed by atoms with Crippen LogP contribution in [-0.2, 0) is 0 Å². The first-order chi connectivity index (χ1) is 12.4. The molecule has 0 radical (unpaired) electrons. The lowest BCUT2D eigenvalue weighted by molar-refractivity contribution is 0.880. The van der Waals surface area contributed by atoms with Crippen molar-refractivity contribution in [1.29, 1.82) is 0 Å². The maximum absolute atomic E-state index is 2.53. The van der Waals surface area contributed by atoms with Gasteiger partial charge in [0.1, 0.15) is 0 Å². The van der Waals surface area contributed by atoms with E-state index >= 15 is 0 Å². The molecule has 2 heteroatoms. The molecule has 0 saturated heterocycles. The Labute approximate surface area is 164 Å². The van der Waals surface area contributed by atoms with Gasteiger partial charge in [-0.1, -0.05) is 41.5 Å². The Kier molecular flexibility index (Phi) is 3.59. The van der Waals surface area contributed by atoms with Crippen LogP contribution < -0.4 is 0 Å². The normalized spacial score (nSPS) is 19.8. The second kappa shape index (κ2) is 5.56. The van der Waals surface area contributed by atoms with Gasteiger partial charge >= 0.3 is 0 Å². The molecule has 2 heterocycles. The third kappa shape index (κ3) is 2.12. The predicted molar refractivity (Wildman–Crippen MR) is 116 cm³/mol. The van der Waals surface area contributed by atoms with E-state index in [-0.39, 0.29) is 0 Å². The van der Waals surface area contributed by atoms with Crippen LogP contribution in [0.2, 0.25) is 0 Å². The van der Waals surface area contributed by atoms with Gasteiger partial charge in [0.25, 0.3) is 0 Å². The van der Waals surface area contributed by atoms with Gasteiger partial charge in [-0.25, -0.2) is 0 Å². The fourth-order valence-electron chi connectivity index (χ4n) is 4.56. The lowest BCUT2D eigenvalue weighted by atomic mass is 9.93. The van der Waals surface area contributed by atoms with E-state index in [0.29, 0.717) is 23.7 Å². The molecule has 0 bridgehead atoms. The van der Waals surface area contributed by atoms with E-state index in [4.69, 9.17) is 0 Å². The number of thiophene rings is 2. The second-order valence-corrected chi connectivity index (χ2v) is 10.8. The van der Waals surface area contributed by atoms with Crippen molar-refractivity contribution in [3.05, 3.63) is 56.3 Å². The zero-order valence-electron chi connectivity index (χ0n) is 16.4. The van der Waals surface area contributed by atoms with Gasteiger partial charge in [0.2, 0.25) is 0 Å². The quantitative estimate of drug-likeness (QED) is 0.420. The fourth-order valence-corrected chi connectivity index (χ4v) is 7.16. The lowest BCUT2D eigenvalue weighted by Gasteiger charge is -2.13. The molecule has 0 fully saturated rings. The fraction of sp³-hybridized carbons (Fsp3) is 0.417. The van der Waals surface area contributed by atoms with Gasteiger partial charge in [0.05, 0.1) is 0 Å². The number of hydrogen-bond donors (Lipinski definition) is 0. The Morgan fingerprint density at radius 3 is 1.35 bits per heavy atom. The van der Waals surface area contributed by atoms with Crippen LogP contribution in [0, 0.1) is 0 Å². The number of hydrogen-bond acceptors (Lipinski definition) is 2. The van der Waals surface area contributed by atoms with Crippen LogP contribution in [0.5, 0.6) is 0 Å². The first-order valence-electron chi connectivity index (χ1n) is 9.82. The van der Waals surface area contributed by atoms with Crippen molar-refractivity contribution in [3.8, 4) is 20.9 Å². The zero-order valence-corrected chi connectivity index (χ0v) is 18.1. The maximum atomic E-state index is 2.53. The highest BCUT2D eigenvalue weighted by atomic mass is 32.1. The summed E-state index contributed by atoms with van der Waals surface area (Å²) in [6.07, 6.45) is 0. The number of rotatable bonds is 2. The van der Waals surface area contributed by atoms with Crippen LogP contribution in [0.4, 0.5) is 0 Å². The molecular weight excluding hydrogens is 352 g/mol. The molecule has 2 atom stereocenters. The summed E-state index contributed by atoms with van der Waals surface area (Å²) in [6.45, 7) is 14.0. The van der Waals surface area contributed by atoms with Crippen molar-refractivity contribution in [2.45, 2.75) is 65.2 Å². The van der Waals surface area contributed by atoms with Crippen LogP contribution in [-0.4, -0.2) is 0 Å². The Balaban J connectivity index is 1.68. The summed E-state index contributed by atoms with van der Waals surface area (Å²) < 4.78 is 0. The first kappa shape index (κ1) is 16.8. The van der Waals surface area contributed by atoms with Crippen molar-refractivity contribution in [3.63, 3.8) is 0 Å². The van der Waals surface area contributed by atoms with Crippen LogP contribution in [0.3, 0.4) is 0 Å². The minimum Gasteiger partial charge on any atom is -0.140 e. The molecule has 0 amide bonds. The van der Waals surface area contributed by atoms with Crippen molar-refractivity contribution in [1.82, 2.24) is 0 Å². The molecule has 3 aromatic rings. The summed E-state index contributed by atoms with van der Waals surface area (Å²) in [5, 5.41) is 0. The predicted octanol–water partition coefficient (Wildman–Crippen LogP) is 8.32. The second-order valence-electron chi connectivity index (χ2n) is 8.65. The average Bonchev–Trinajstić information content (AvgIpc) is 3.31. The monoisotopic (exact) mass is 378 g/mol. The Morgan fingerprint density at radius 1 is 0.615 bits per heavy atom. The zero-order chi connectivity index (χ0) is 18.3. The van der Waals surface area contributed by atoms with E-state index in [9.17, 15) is 0 Å². The molecule has 0 saturated carbocycles. The molecule has 134 valence electrons. The average molecular weight is 379 g/mol. The summed E-state index contributed by atoms with van der Waals surface area (Å²) in [5.41, 5.74) is 9.21. The first-order valence-corrected chi connectivity index (χ1v) is 11.5. The summed E-state index contributed by atoms with van der Waals surface area (Å²) in [4.78, 5) is 6.12. The van der Waals surface area contributed by atoms with Gasteiger partial charge in [-0.05, 0) is 69.5 Å². The molecule has 2 aliphatic rings. The van der Waals surface area contributed by atoms with Gasteiger partial charge in [-0.3, -0.25) is 0 Å². The van der Waals surface area contributed by atoms with Gasteiger partial charge in [-0.2, -0.15) is 0 Å². The highest BCUT2D eigenvalue weighted by Crippen LogP contribution is 2.56. The molecule has 0 aliphatic heterocycles. The summed E-state index contributed by atoms with van der Waals surface area (Å²) in [5.74, 6) is 2.29. The van der Waals surface area contributed by atoms with E-state index in [1.54, 1.807) is 22.3 Å². The van der Waals surface area contributed by atoms with Crippen molar-refractivity contribution in [2.75, 3.05) is 0 Å². The largest absolute Gasteiger partial charge is 0.140 e. The van der Waals surface area contributed by atoms with E-state index < -0.39 is 0 Å².